The lowest BCUT2D eigenvalue weighted by Gasteiger charge is -2.19. The van der Waals surface area contributed by atoms with Crippen molar-refractivity contribution in [3.8, 4) is 5.75 Å². The molecular weight excluding hydrogens is 408 g/mol. The summed E-state index contributed by atoms with van der Waals surface area (Å²) in [7, 11) is -3.65. The maximum Gasteiger partial charge on any atom is 0.313 e. The monoisotopic (exact) mass is 432 g/mol. The van der Waals surface area contributed by atoms with Gasteiger partial charge in [0.15, 0.2) is 27.2 Å². The molecule has 0 fully saturated rings. The van der Waals surface area contributed by atoms with Crippen LogP contribution in [0.2, 0.25) is 5.02 Å². The molecule has 0 saturated carbocycles. The molecule has 0 heterocycles. The van der Waals surface area contributed by atoms with Crippen LogP contribution in [0.15, 0.2) is 17.0 Å². The number of benzene rings is 1. The fourth-order valence-corrected chi connectivity index (χ4v) is 3.44. The van der Waals surface area contributed by atoms with Crippen LogP contribution in [0.4, 0.5) is 0 Å². The largest absolute Gasteiger partial charge is 0.488 e. The third-order valence-electron chi connectivity index (χ3n) is 3.23. The predicted molar refractivity (Wildman–Crippen MR) is 105 cm³/mol. The number of esters is 1. The second-order valence-corrected chi connectivity index (χ2v) is 9.96. The van der Waals surface area contributed by atoms with Crippen LogP contribution in [-0.2, 0) is 24.2 Å². The molecule has 28 heavy (non-hydrogen) atoms. The number of hydrogen-bond donors (Lipinski definition) is 0. The van der Waals surface area contributed by atoms with Gasteiger partial charge in [0.25, 0.3) is 0 Å². The second kappa shape index (κ2) is 9.05. The minimum atomic E-state index is -3.65. The summed E-state index contributed by atoms with van der Waals surface area (Å²) in [6.07, 6.45) is -0.509. The number of ether oxygens (including phenoxy) is 2. The molecule has 0 unspecified atom stereocenters. The molecule has 1 rings (SSSR count). The summed E-state index contributed by atoms with van der Waals surface area (Å²) in [5, 5.41) is -0.188. The highest BCUT2D eigenvalue weighted by molar-refractivity contribution is 7.90. The molecule has 0 amide bonds. The summed E-state index contributed by atoms with van der Waals surface area (Å²) < 4.78 is 34.5. The van der Waals surface area contributed by atoms with E-state index in [1.165, 1.54) is 12.1 Å². The fourth-order valence-electron chi connectivity index (χ4n) is 2.27. The number of carbonyl (C=O) groups excluding carboxylic acids is 3. The van der Waals surface area contributed by atoms with Gasteiger partial charge in [-0.1, -0.05) is 11.6 Å². The normalized spacial score (nSPS) is 12.0. The van der Waals surface area contributed by atoms with Crippen LogP contribution in [0.3, 0.4) is 0 Å². The van der Waals surface area contributed by atoms with Crippen molar-refractivity contribution in [3.05, 3.63) is 22.7 Å². The molecule has 0 bridgehead atoms. The van der Waals surface area contributed by atoms with Crippen LogP contribution in [0.25, 0.3) is 0 Å². The Morgan fingerprint density at radius 2 is 1.68 bits per heavy atom. The first-order valence-corrected chi connectivity index (χ1v) is 10.8. The van der Waals surface area contributed by atoms with Gasteiger partial charge in [0.2, 0.25) is 0 Å². The molecule has 0 spiro atoms. The molecule has 0 radical (unpaired) electrons. The van der Waals surface area contributed by atoms with Gasteiger partial charge in [0, 0.05) is 11.8 Å². The Morgan fingerprint density at radius 1 is 1.11 bits per heavy atom. The molecule has 0 aliphatic carbocycles. The SMILES string of the molecule is CC(C)Oc1c(S(C)(=O)=O)ccc(C(=O)CC(=O)CC(=O)OC(C)(C)C)c1Cl. The van der Waals surface area contributed by atoms with Crippen molar-refractivity contribution in [2.24, 2.45) is 0 Å². The van der Waals surface area contributed by atoms with E-state index in [2.05, 4.69) is 0 Å². The highest BCUT2D eigenvalue weighted by Gasteiger charge is 2.26. The molecule has 0 saturated heterocycles. The van der Waals surface area contributed by atoms with E-state index in [9.17, 15) is 22.8 Å². The Labute approximate surface area is 170 Å². The van der Waals surface area contributed by atoms with E-state index in [1.807, 2.05) is 0 Å². The Morgan fingerprint density at radius 3 is 2.14 bits per heavy atom. The van der Waals surface area contributed by atoms with Gasteiger partial charge in [-0.15, -0.1) is 0 Å². The molecule has 0 aliphatic rings. The molecule has 0 N–H and O–H groups in total. The number of halogens is 1. The van der Waals surface area contributed by atoms with E-state index in [4.69, 9.17) is 21.1 Å². The zero-order valence-corrected chi connectivity index (χ0v) is 18.4. The Kier molecular flexibility index (Phi) is 7.79. The van der Waals surface area contributed by atoms with Crippen molar-refractivity contribution >= 4 is 39.0 Å². The summed E-state index contributed by atoms with van der Waals surface area (Å²) in [5.74, 6) is -2.14. The molecule has 0 aliphatic heterocycles. The van der Waals surface area contributed by atoms with Gasteiger partial charge in [-0.05, 0) is 46.8 Å². The third-order valence-corrected chi connectivity index (χ3v) is 4.73. The number of hydrogen-bond acceptors (Lipinski definition) is 7. The summed E-state index contributed by atoms with van der Waals surface area (Å²) in [5.41, 5.74) is -0.794. The molecule has 0 atom stereocenters. The first-order chi connectivity index (χ1) is 12.6. The van der Waals surface area contributed by atoms with Crippen molar-refractivity contribution in [1.82, 2.24) is 0 Å². The average Bonchev–Trinajstić information content (AvgIpc) is 2.44. The van der Waals surface area contributed by atoms with Crippen LogP contribution in [0, 0.1) is 0 Å². The van der Waals surface area contributed by atoms with Crippen LogP contribution < -0.4 is 4.74 Å². The van der Waals surface area contributed by atoms with Gasteiger partial charge in [0.05, 0.1) is 17.5 Å². The minimum Gasteiger partial charge on any atom is -0.488 e. The Balaban J connectivity index is 3.08. The number of Topliss-reactive ketones (excluding diaryl/α,β-unsaturated/α-hetero) is 2. The van der Waals surface area contributed by atoms with E-state index in [0.29, 0.717) is 0 Å². The van der Waals surface area contributed by atoms with Gasteiger partial charge in [-0.2, -0.15) is 0 Å². The number of rotatable bonds is 8. The van der Waals surface area contributed by atoms with Crippen LogP contribution >= 0.6 is 11.6 Å². The van der Waals surface area contributed by atoms with Gasteiger partial charge >= 0.3 is 5.97 Å². The highest BCUT2D eigenvalue weighted by Crippen LogP contribution is 2.36. The molecule has 156 valence electrons. The lowest BCUT2D eigenvalue weighted by atomic mass is 10.0. The van der Waals surface area contributed by atoms with Gasteiger partial charge < -0.3 is 9.47 Å². The summed E-state index contributed by atoms with van der Waals surface area (Å²) in [6.45, 7) is 8.36. The molecular formula is C19H25ClO7S. The van der Waals surface area contributed by atoms with Crippen molar-refractivity contribution < 1.29 is 32.3 Å². The summed E-state index contributed by atoms with van der Waals surface area (Å²) in [4.78, 5) is 36.1. The maximum absolute atomic E-state index is 12.5. The number of carbonyl (C=O) groups is 3. The van der Waals surface area contributed by atoms with E-state index in [0.717, 1.165) is 6.26 Å². The Bertz CT molecular complexity index is 880. The molecule has 9 heteroatoms. The standard InChI is InChI=1S/C19H25ClO7S/c1-11(2)26-18-15(28(6,24)25)8-7-13(17(18)20)14(22)9-12(21)10-16(23)27-19(3,4)5/h7-8,11H,9-10H2,1-6H3. The quantitative estimate of drug-likeness (QED) is 0.352. The van der Waals surface area contributed by atoms with Crippen molar-refractivity contribution in [3.63, 3.8) is 0 Å². The average molecular weight is 433 g/mol. The molecule has 0 aromatic heterocycles. The van der Waals surface area contributed by atoms with Gasteiger partial charge in [-0.3, -0.25) is 14.4 Å². The number of ketones is 2. The zero-order chi connectivity index (χ0) is 21.9. The summed E-state index contributed by atoms with van der Waals surface area (Å²) >= 11 is 6.22. The van der Waals surface area contributed by atoms with E-state index >= 15 is 0 Å². The van der Waals surface area contributed by atoms with Crippen LogP contribution in [-0.4, -0.2) is 43.9 Å². The lowest BCUT2D eigenvalue weighted by molar-refractivity contribution is -0.156. The number of sulfone groups is 1. The second-order valence-electron chi connectivity index (χ2n) is 7.59. The van der Waals surface area contributed by atoms with E-state index in [-0.39, 0.29) is 21.2 Å². The van der Waals surface area contributed by atoms with Crippen molar-refractivity contribution in [2.45, 2.75) is 64.1 Å². The first kappa shape index (κ1) is 24.1. The molecule has 7 nitrogen and oxygen atoms in total. The third kappa shape index (κ3) is 7.24. The highest BCUT2D eigenvalue weighted by atomic mass is 35.5. The first-order valence-electron chi connectivity index (χ1n) is 8.57. The molecule has 1 aromatic carbocycles. The van der Waals surface area contributed by atoms with E-state index < -0.39 is 51.9 Å². The fraction of sp³-hybridized carbons (Fsp3) is 0.526. The molecule has 1 aromatic rings. The van der Waals surface area contributed by atoms with Crippen LogP contribution in [0.5, 0.6) is 5.75 Å². The summed E-state index contributed by atoms with van der Waals surface area (Å²) in [6, 6.07) is 2.44. The lowest BCUT2D eigenvalue weighted by Crippen LogP contribution is -2.25. The topological polar surface area (TPSA) is 104 Å². The smallest absolute Gasteiger partial charge is 0.313 e. The zero-order valence-electron chi connectivity index (χ0n) is 16.8. The van der Waals surface area contributed by atoms with E-state index in [1.54, 1.807) is 34.6 Å². The minimum absolute atomic E-state index is 0.0535. The van der Waals surface area contributed by atoms with Crippen molar-refractivity contribution in [2.75, 3.05) is 6.26 Å². The predicted octanol–water partition coefficient (Wildman–Crippen LogP) is 3.40. The maximum atomic E-state index is 12.5. The van der Waals surface area contributed by atoms with Gasteiger partial charge in [0.1, 0.15) is 16.9 Å². The van der Waals surface area contributed by atoms with Crippen LogP contribution in [0.1, 0.15) is 57.8 Å². The Hall–Kier alpha value is -1.93. The van der Waals surface area contributed by atoms with Gasteiger partial charge in [-0.25, -0.2) is 8.42 Å². The van der Waals surface area contributed by atoms with Crippen molar-refractivity contribution in [1.29, 1.82) is 0 Å².